The van der Waals surface area contributed by atoms with E-state index in [1.54, 1.807) is 11.2 Å². The molecule has 2 aliphatic heterocycles. The monoisotopic (exact) mass is 327 g/mol. The van der Waals surface area contributed by atoms with E-state index < -0.39 is 11.3 Å². The first kappa shape index (κ1) is 15.1. The van der Waals surface area contributed by atoms with Crippen LogP contribution in [0.3, 0.4) is 0 Å². The van der Waals surface area contributed by atoms with Gasteiger partial charge >= 0.3 is 0 Å². The summed E-state index contributed by atoms with van der Waals surface area (Å²) in [5.74, 6) is 0.369. The van der Waals surface area contributed by atoms with Crippen LogP contribution in [-0.2, 0) is 22.4 Å². The van der Waals surface area contributed by atoms with Gasteiger partial charge in [-0.25, -0.2) is 9.97 Å². The number of primary amides is 1. The lowest BCUT2D eigenvalue weighted by Crippen LogP contribution is -2.44. The van der Waals surface area contributed by atoms with Crippen LogP contribution in [0.4, 0.5) is 5.82 Å². The molecule has 1 aromatic rings. The highest BCUT2D eigenvalue weighted by Crippen LogP contribution is 2.47. The molecule has 0 unspecified atom stereocenters. The van der Waals surface area contributed by atoms with Gasteiger partial charge in [0.25, 0.3) is 0 Å². The summed E-state index contributed by atoms with van der Waals surface area (Å²) in [7, 11) is 0. The molecule has 3 heterocycles. The van der Waals surface area contributed by atoms with Crippen LogP contribution in [0.1, 0.15) is 24.1 Å². The molecule has 0 atom stereocenters. The summed E-state index contributed by atoms with van der Waals surface area (Å²) < 4.78 is 0. The minimum absolute atomic E-state index is 0.111. The molecule has 4 rings (SSSR count). The molecule has 0 radical (unpaired) electrons. The lowest BCUT2D eigenvalue weighted by Gasteiger charge is -2.24. The Bertz CT molecular complexity index is 718. The molecule has 126 valence electrons. The van der Waals surface area contributed by atoms with Crippen molar-refractivity contribution in [3.63, 3.8) is 0 Å². The average Bonchev–Trinajstić information content (AvgIpc) is 3.28. The van der Waals surface area contributed by atoms with Crippen LogP contribution < -0.4 is 10.6 Å². The van der Waals surface area contributed by atoms with E-state index in [1.807, 2.05) is 0 Å². The summed E-state index contributed by atoms with van der Waals surface area (Å²) in [6, 6.07) is 0. The number of aromatic nitrogens is 2. The quantitative estimate of drug-likeness (QED) is 0.625. The van der Waals surface area contributed by atoms with Crippen LogP contribution >= 0.6 is 0 Å². The molecular formula is C17H21N5O2. The van der Waals surface area contributed by atoms with Gasteiger partial charge in [-0.15, -0.1) is 0 Å². The van der Waals surface area contributed by atoms with Crippen molar-refractivity contribution < 1.29 is 9.59 Å². The highest BCUT2D eigenvalue weighted by molar-refractivity contribution is 6.07. The van der Waals surface area contributed by atoms with Crippen LogP contribution in [-0.4, -0.2) is 52.9 Å². The van der Waals surface area contributed by atoms with Gasteiger partial charge in [0.2, 0.25) is 11.8 Å². The molecule has 7 nitrogen and oxygen atoms in total. The fourth-order valence-corrected chi connectivity index (χ4v) is 3.63. The zero-order chi connectivity index (χ0) is 16.7. The molecule has 0 spiro atoms. The SMILES string of the molecule is NC(=O)C1(C(=O)N2CCc3ncnc(N4CC=CC4)c3CC2)CC1. The second kappa shape index (κ2) is 5.58. The van der Waals surface area contributed by atoms with Crippen LogP contribution in [0, 0.1) is 5.41 Å². The largest absolute Gasteiger partial charge is 0.369 e. The van der Waals surface area contributed by atoms with Crippen molar-refractivity contribution in [1.29, 1.82) is 0 Å². The van der Waals surface area contributed by atoms with E-state index in [1.165, 1.54) is 0 Å². The average molecular weight is 327 g/mol. The van der Waals surface area contributed by atoms with Crippen molar-refractivity contribution in [3.8, 4) is 0 Å². The number of rotatable bonds is 3. The van der Waals surface area contributed by atoms with Crippen molar-refractivity contribution in [3.05, 3.63) is 29.7 Å². The van der Waals surface area contributed by atoms with Gasteiger partial charge in [0.05, 0.1) is 5.69 Å². The predicted molar refractivity (Wildman–Crippen MR) is 88.2 cm³/mol. The molecule has 24 heavy (non-hydrogen) atoms. The van der Waals surface area contributed by atoms with Crippen molar-refractivity contribution >= 4 is 17.6 Å². The van der Waals surface area contributed by atoms with Crippen molar-refractivity contribution in [2.24, 2.45) is 11.1 Å². The molecule has 2 N–H and O–H groups in total. The second-order valence-corrected chi connectivity index (χ2v) is 6.74. The first-order valence-electron chi connectivity index (χ1n) is 8.44. The summed E-state index contributed by atoms with van der Waals surface area (Å²) in [4.78, 5) is 37.3. The van der Waals surface area contributed by atoms with Gasteiger partial charge in [-0.05, 0) is 19.3 Å². The van der Waals surface area contributed by atoms with Gasteiger partial charge in [0.15, 0.2) is 0 Å². The van der Waals surface area contributed by atoms with Crippen LogP contribution in [0.2, 0.25) is 0 Å². The third-order valence-electron chi connectivity index (χ3n) is 5.30. The minimum atomic E-state index is -0.941. The maximum Gasteiger partial charge on any atom is 0.238 e. The summed E-state index contributed by atoms with van der Waals surface area (Å²) >= 11 is 0. The molecule has 7 heteroatoms. The molecule has 1 fully saturated rings. The van der Waals surface area contributed by atoms with Crippen LogP contribution in [0.15, 0.2) is 18.5 Å². The predicted octanol–water partition coefficient (Wildman–Crippen LogP) is 0.0455. The van der Waals surface area contributed by atoms with Crippen molar-refractivity contribution in [2.45, 2.75) is 25.7 Å². The Morgan fingerprint density at radius 3 is 2.46 bits per heavy atom. The van der Waals surface area contributed by atoms with Crippen LogP contribution in [0.25, 0.3) is 0 Å². The number of anilines is 1. The van der Waals surface area contributed by atoms with Gasteiger partial charge in [-0.2, -0.15) is 0 Å². The van der Waals surface area contributed by atoms with Crippen molar-refractivity contribution in [2.75, 3.05) is 31.1 Å². The van der Waals surface area contributed by atoms with Gasteiger partial charge in [0.1, 0.15) is 17.6 Å². The first-order valence-corrected chi connectivity index (χ1v) is 8.44. The maximum absolute atomic E-state index is 12.7. The Kier molecular flexibility index (Phi) is 3.51. The lowest BCUT2D eigenvalue weighted by molar-refractivity contribution is -0.142. The topological polar surface area (TPSA) is 92.4 Å². The Balaban J connectivity index is 1.55. The molecule has 0 aromatic carbocycles. The van der Waals surface area contributed by atoms with E-state index in [2.05, 4.69) is 27.0 Å². The number of hydrogen-bond donors (Lipinski definition) is 1. The number of carbonyl (C=O) groups excluding carboxylic acids is 2. The standard InChI is InChI=1S/C17H21N5O2/c18-15(23)17(5-6-17)16(24)22-9-3-12-13(4-10-22)19-11-20-14(12)21-7-1-2-8-21/h1-2,11H,3-10H2,(H2,18,23). The minimum Gasteiger partial charge on any atom is -0.369 e. The normalized spacial score (nSPS) is 21.3. The third kappa shape index (κ3) is 2.35. The highest BCUT2D eigenvalue weighted by Gasteiger charge is 2.57. The highest BCUT2D eigenvalue weighted by atomic mass is 16.2. The van der Waals surface area contributed by atoms with E-state index in [0.717, 1.165) is 30.2 Å². The Labute approximate surface area is 140 Å². The zero-order valence-electron chi connectivity index (χ0n) is 13.6. The Hall–Kier alpha value is -2.44. The molecule has 1 aliphatic carbocycles. The summed E-state index contributed by atoms with van der Waals surface area (Å²) in [6.07, 6.45) is 8.42. The van der Waals surface area contributed by atoms with E-state index in [0.29, 0.717) is 38.8 Å². The summed E-state index contributed by atoms with van der Waals surface area (Å²) in [5.41, 5.74) is 6.64. The maximum atomic E-state index is 12.7. The number of nitrogens with two attached hydrogens (primary N) is 1. The molecule has 3 aliphatic rings. The van der Waals surface area contributed by atoms with Gasteiger partial charge in [0, 0.05) is 38.2 Å². The van der Waals surface area contributed by atoms with E-state index in [4.69, 9.17) is 5.73 Å². The first-order chi connectivity index (χ1) is 11.6. The van der Waals surface area contributed by atoms with E-state index in [9.17, 15) is 9.59 Å². The number of nitrogens with zero attached hydrogens (tertiary/aromatic N) is 4. The molecule has 2 amide bonds. The van der Waals surface area contributed by atoms with Crippen molar-refractivity contribution in [1.82, 2.24) is 14.9 Å². The summed E-state index contributed by atoms with van der Waals surface area (Å²) in [5, 5.41) is 0. The number of hydrogen-bond acceptors (Lipinski definition) is 5. The van der Waals surface area contributed by atoms with Gasteiger partial charge in [-0.1, -0.05) is 12.2 Å². The fourth-order valence-electron chi connectivity index (χ4n) is 3.63. The zero-order valence-corrected chi connectivity index (χ0v) is 13.6. The molecule has 0 saturated heterocycles. The fraction of sp³-hybridized carbons (Fsp3) is 0.529. The van der Waals surface area contributed by atoms with E-state index >= 15 is 0 Å². The smallest absolute Gasteiger partial charge is 0.238 e. The second-order valence-electron chi connectivity index (χ2n) is 6.74. The summed E-state index contributed by atoms with van der Waals surface area (Å²) in [6.45, 7) is 2.88. The third-order valence-corrected chi connectivity index (χ3v) is 5.30. The van der Waals surface area contributed by atoms with Crippen LogP contribution in [0.5, 0.6) is 0 Å². The van der Waals surface area contributed by atoms with Gasteiger partial charge in [-0.3, -0.25) is 9.59 Å². The molecule has 1 aromatic heterocycles. The number of fused-ring (bicyclic) bond motifs is 1. The molecular weight excluding hydrogens is 306 g/mol. The van der Waals surface area contributed by atoms with E-state index in [-0.39, 0.29) is 5.91 Å². The molecule has 0 bridgehead atoms. The number of amides is 2. The Morgan fingerprint density at radius 2 is 1.79 bits per heavy atom. The van der Waals surface area contributed by atoms with Gasteiger partial charge < -0.3 is 15.5 Å². The number of carbonyl (C=O) groups is 2. The molecule has 1 saturated carbocycles. The Morgan fingerprint density at radius 1 is 1.08 bits per heavy atom. The lowest BCUT2D eigenvalue weighted by atomic mass is 10.0.